The summed E-state index contributed by atoms with van der Waals surface area (Å²) in [7, 11) is -3.83. The lowest BCUT2D eigenvalue weighted by molar-refractivity contribution is -0.124. The lowest BCUT2D eigenvalue weighted by Gasteiger charge is -2.16. The lowest BCUT2D eigenvalue weighted by atomic mass is 10.2. The van der Waals surface area contributed by atoms with Gasteiger partial charge in [-0.15, -0.1) is 4.83 Å². The fourth-order valence-corrected chi connectivity index (χ4v) is 2.89. The van der Waals surface area contributed by atoms with Crippen LogP contribution in [-0.2, 0) is 19.6 Å². The van der Waals surface area contributed by atoms with Gasteiger partial charge in [-0.05, 0) is 30.7 Å². The first-order valence-corrected chi connectivity index (χ1v) is 8.51. The van der Waals surface area contributed by atoms with Gasteiger partial charge in [0.2, 0.25) is 11.8 Å². The molecule has 1 heterocycles. The van der Waals surface area contributed by atoms with Crippen LogP contribution in [0.2, 0.25) is 0 Å². The number of nitrogens with zero attached hydrogens (tertiary/aromatic N) is 1. The first-order valence-electron chi connectivity index (χ1n) is 7.03. The zero-order valence-electron chi connectivity index (χ0n) is 12.5. The topological polar surface area (TPSA) is 95.6 Å². The van der Waals surface area contributed by atoms with E-state index in [1.165, 1.54) is 12.1 Å². The van der Waals surface area contributed by atoms with E-state index < -0.39 is 15.9 Å². The van der Waals surface area contributed by atoms with Gasteiger partial charge in [-0.1, -0.05) is 13.8 Å². The average molecular weight is 325 g/mol. The van der Waals surface area contributed by atoms with Crippen molar-refractivity contribution in [1.82, 2.24) is 10.3 Å². The Balaban J connectivity index is 2.09. The number of anilines is 1. The monoisotopic (exact) mass is 325 g/mol. The molecular formula is C14H19N3O4S. The second-order valence-electron chi connectivity index (χ2n) is 5.39. The Labute approximate surface area is 129 Å². The van der Waals surface area contributed by atoms with Gasteiger partial charge in [-0.3, -0.25) is 15.0 Å². The molecule has 1 aromatic carbocycles. The van der Waals surface area contributed by atoms with Crippen molar-refractivity contribution in [2.24, 2.45) is 5.92 Å². The van der Waals surface area contributed by atoms with E-state index in [9.17, 15) is 18.0 Å². The van der Waals surface area contributed by atoms with Crippen LogP contribution < -0.4 is 15.2 Å². The fraction of sp³-hybridized carbons (Fsp3) is 0.429. The number of carbonyl (C=O) groups excluding carboxylic acids is 2. The molecule has 0 atom stereocenters. The molecule has 0 spiro atoms. The van der Waals surface area contributed by atoms with Crippen molar-refractivity contribution in [3.8, 4) is 0 Å². The summed E-state index contributed by atoms with van der Waals surface area (Å²) < 4.78 is 24.1. The van der Waals surface area contributed by atoms with Gasteiger partial charge in [0, 0.05) is 24.6 Å². The summed E-state index contributed by atoms with van der Waals surface area (Å²) >= 11 is 0. The Bertz CT molecular complexity index is 668. The van der Waals surface area contributed by atoms with E-state index >= 15 is 0 Å². The number of hydrogen-bond acceptors (Lipinski definition) is 4. The third-order valence-corrected chi connectivity index (χ3v) is 4.63. The Morgan fingerprint density at radius 3 is 2.36 bits per heavy atom. The normalized spacial score (nSPS) is 15.4. The van der Waals surface area contributed by atoms with Gasteiger partial charge in [0.25, 0.3) is 10.0 Å². The van der Waals surface area contributed by atoms with E-state index in [1.54, 1.807) is 30.9 Å². The van der Waals surface area contributed by atoms with Gasteiger partial charge in [0.05, 0.1) is 4.90 Å². The molecule has 0 aromatic heterocycles. The Kier molecular flexibility index (Phi) is 4.82. The summed E-state index contributed by atoms with van der Waals surface area (Å²) in [6.45, 7) is 3.96. The Hall–Kier alpha value is -1.93. The summed E-state index contributed by atoms with van der Waals surface area (Å²) in [4.78, 5) is 26.7. The molecule has 0 unspecified atom stereocenters. The maximum absolute atomic E-state index is 12.0. The van der Waals surface area contributed by atoms with Gasteiger partial charge in [0.15, 0.2) is 0 Å². The number of hydrazine groups is 1. The smallest absolute Gasteiger partial charge is 0.257 e. The molecule has 2 amide bonds. The molecule has 1 aliphatic rings. The highest BCUT2D eigenvalue weighted by Gasteiger charge is 2.22. The Morgan fingerprint density at radius 2 is 1.86 bits per heavy atom. The predicted octanol–water partition coefficient (Wildman–Crippen LogP) is 0.779. The van der Waals surface area contributed by atoms with Gasteiger partial charge < -0.3 is 4.90 Å². The standard InChI is InChI=1S/C14H19N3O4S/c1-10(2)14(19)15-16-22(20,21)12-7-5-11(6-8-12)17-9-3-4-13(17)18/h5-8,10,16H,3-4,9H2,1-2H3,(H,15,19). The molecule has 0 saturated carbocycles. The SMILES string of the molecule is CC(C)C(=O)NNS(=O)(=O)c1ccc(N2CCCC2=O)cc1. The van der Waals surface area contributed by atoms with Crippen LogP contribution in [0.4, 0.5) is 5.69 Å². The molecule has 1 fully saturated rings. The van der Waals surface area contributed by atoms with Crippen molar-refractivity contribution >= 4 is 27.5 Å². The molecule has 1 aromatic rings. The summed E-state index contributed by atoms with van der Waals surface area (Å²) in [6, 6.07) is 5.99. The quantitative estimate of drug-likeness (QED) is 0.782. The summed E-state index contributed by atoms with van der Waals surface area (Å²) in [6.07, 6.45) is 1.32. The van der Waals surface area contributed by atoms with Crippen molar-refractivity contribution in [2.45, 2.75) is 31.6 Å². The second kappa shape index (κ2) is 6.45. The molecule has 1 saturated heterocycles. The van der Waals surface area contributed by atoms with Crippen LogP contribution in [0.25, 0.3) is 0 Å². The molecule has 1 aliphatic heterocycles. The summed E-state index contributed by atoms with van der Waals surface area (Å²) in [5.41, 5.74) is 2.83. The molecule has 2 rings (SSSR count). The van der Waals surface area contributed by atoms with Crippen molar-refractivity contribution in [1.29, 1.82) is 0 Å². The third kappa shape index (κ3) is 3.63. The fourth-order valence-electron chi connectivity index (χ4n) is 2.05. The molecule has 0 bridgehead atoms. The number of nitrogens with one attached hydrogen (secondary N) is 2. The molecule has 8 heteroatoms. The molecule has 120 valence electrons. The molecule has 7 nitrogen and oxygen atoms in total. The summed E-state index contributed by atoms with van der Waals surface area (Å²) in [5, 5.41) is 0. The van der Waals surface area contributed by atoms with E-state index in [0.29, 0.717) is 18.7 Å². The van der Waals surface area contributed by atoms with Crippen LogP contribution in [0.3, 0.4) is 0 Å². The van der Waals surface area contributed by atoms with Crippen LogP contribution in [0.15, 0.2) is 29.2 Å². The number of hydrogen-bond donors (Lipinski definition) is 2. The number of sulfonamides is 1. The first kappa shape index (κ1) is 16.4. The number of benzene rings is 1. The summed E-state index contributed by atoms with van der Waals surface area (Å²) in [5.74, 6) is -0.702. The maximum Gasteiger partial charge on any atom is 0.257 e. The number of carbonyl (C=O) groups is 2. The highest BCUT2D eigenvalue weighted by atomic mass is 32.2. The Morgan fingerprint density at radius 1 is 1.23 bits per heavy atom. The molecule has 0 aliphatic carbocycles. The zero-order valence-corrected chi connectivity index (χ0v) is 13.3. The van der Waals surface area contributed by atoms with Gasteiger partial charge >= 0.3 is 0 Å². The van der Waals surface area contributed by atoms with Crippen LogP contribution in [0.5, 0.6) is 0 Å². The minimum atomic E-state index is -3.83. The van der Waals surface area contributed by atoms with E-state index in [1.807, 2.05) is 4.83 Å². The van der Waals surface area contributed by atoms with Gasteiger partial charge in [-0.2, -0.15) is 0 Å². The lowest BCUT2D eigenvalue weighted by Crippen LogP contribution is -2.43. The van der Waals surface area contributed by atoms with E-state index in [-0.39, 0.29) is 16.7 Å². The zero-order chi connectivity index (χ0) is 16.3. The molecule has 0 radical (unpaired) electrons. The van der Waals surface area contributed by atoms with Gasteiger partial charge in [-0.25, -0.2) is 8.42 Å². The highest BCUT2D eigenvalue weighted by Crippen LogP contribution is 2.22. The van der Waals surface area contributed by atoms with Crippen molar-refractivity contribution in [3.63, 3.8) is 0 Å². The van der Waals surface area contributed by atoms with Crippen molar-refractivity contribution < 1.29 is 18.0 Å². The van der Waals surface area contributed by atoms with Gasteiger partial charge in [0.1, 0.15) is 0 Å². The molecule has 22 heavy (non-hydrogen) atoms. The van der Waals surface area contributed by atoms with Crippen molar-refractivity contribution in [2.75, 3.05) is 11.4 Å². The number of amides is 2. The third-order valence-electron chi connectivity index (χ3n) is 3.37. The molecular weight excluding hydrogens is 306 g/mol. The molecule has 2 N–H and O–H groups in total. The first-order chi connectivity index (χ1) is 10.3. The maximum atomic E-state index is 12.0. The van der Waals surface area contributed by atoms with E-state index in [4.69, 9.17) is 0 Å². The van der Waals surface area contributed by atoms with E-state index in [2.05, 4.69) is 5.43 Å². The number of rotatable bonds is 5. The second-order valence-corrected chi connectivity index (χ2v) is 7.07. The minimum absolute atomic E-state index is 0.0203. The minimum Gasteiger partial charge on any atom is -0.312 e. The van der Waals surface area contributed by atoms with Crippen LogP contribution in [0, 0.1) is 5.92 Å². The average Bonchev–Trinajstić information content (AvgIpc) is 2.91. The highest BCUT2D eigenvalue weighted by molar-refractivity contribution is 7.89. The van der Waals surface area contributed by atoms with Crippen LogP contribution in [-0.4, -0.2) is 26.8 Å². The predicted molar refractivity (Wildman–Crippen MR) is 81.3 cm³/mol. The van der Waals surface area contributed by atoms with Crippen LogP contribution >= 0.6 is 0 Å². The largest absolute Gasteiger partial charge is 0.312 e. The van der Waals surface area contributed by atoms with Crippen molar-refractivity contribution in [3.05, 3.63) is 24.3 Å². The van der Waals surface area contributed by atoms with E-state index in [0.717, 1.165) is 6.42 Å². The van der Waals surface area contributed by atoms with Crippen LogP contribution in [0.1, 0.15) is 26.7 Å².